The van der Waals surface area contributed by atoms with E-state index in [0.717, 1.165) is 0 Å². The molecular weight excluding hydrogens is 821 g/mol. The van der Waals surface area contributed by atoms with Gasteiger partial charge in [0.25, 0.3) is 0 Å². The van der Waals surface area contributed by atoms with E-state index in [1.54, 1.807) is 61.6 Å². The average Bonchev–Trinajstić information content (AvgIpc) is 3.20. The second-order valence-electron chi connectivity index (χ2n) is 16.4. The molecule has 0 spiro atoms. The van der Waals surface area contributed by atoms with Gasteiger partial charge in [-0.1, -0.05) is 104 Å². The number of allylic oxidation sites excluding steroid dienone is 12. The van der Waals surface area contributed by atoms with Crippen LogP contribution in [-0.4, -0.2) is 149 Å². The molecule has 63 heavy (non-hydrogen) atoms. The van der Waals surface area contributed by atoms with Crippen molar-refractivity contribution in [2.45, 2.75) is 164 Å². The zero-order chi connectivity index (χ0) is 47.1. The van der Waals surface area contributed by atoms with Crippen LogP contribution < -0.4 is 11.5 Å². The van der Waals surface area contributed by atoms with E-state index in [1.165, 1.54) is 0 Å². The van der Waals surface area contributed by atoms with Crippen molar-refractivity contribution in [3.63, 3.8) is 0 Å². The Morgan fingerprint density at radius 2 is 1.16 bits per heavy atom. The van der Waals surface area contributed by atoms with Crippen molar-refractivity contribution in [1.82, 2.24) is 0 Å². The zero-order valence-corrected chi connectivity index (χ0v) is 36.3. The normalized spacial score (nSPS) is 41.3. The highest BCUT2D eigenvalue weighted by atomic mass is 16.7. The van der Waals surface area contributed by atoms with E-state index in [4.69, 9.17) is 25.7 Å². The van der Waals surface area contributed by atoms with Crippen LogP contribution in [0.2, 0.25) is 0 Å². The van der Waals surface area contributed by atoms with Gasteiger partial charge >= 0.3 is 11.9 Å². The molecule has 0 aliphatic carbocycles. The molecule has 1 saturated heterocycles. The molecule has 7 unspecified atom stereocenters. The van der Waals surface area contributed by atoms with E-state index in [0.29, 0.717) is 0 Å². The lowest BCUT2D eigenvalue weighted by Gasteiger charge is -2.40. The van der Waals surface area contributed by atoms with E-state index in [9.17, 15) is 60.7 Å². The van der Waals surface area contributed by atoms with Gasteiger partial charge in [-0.15, -0.1) is 0 Å². The number of esters is 1. The number of aliphatic hydroxyl groups excluding tert-OH is 9. The Kier molecular flexibility index (Phi) is 26.2. The zero-order valence-electron chi connectivity index (χ0n) is 36.3. The molecule has 2 heterocycles. The number of cyclic esters (lactones) is 1. The Morgan fingerprint density at radius 1 is 0.635 bits per heavy atom. The molecule has 0 amide bonds. The number of nitrogens with two attached hydrogens (primary N) is 2. The highest BCUT2D eigenvalue weighted by molar-refractivity contribution is 5.73. The third-order valence-corrected chi connectivity index (χ3v) is 10.8. The summed E-state index contributed by atoms with van der Waals surface area (Å²) in [5.74, 6) is -3.35. The molecule has 2 rings (SSSR count). The first-order chi connectivity index (χ1) is 29.8. The maximum atomic E-state index is 12.4. The van der Waals surface area contributed by atoms with Gasteiger partial charge in [-0.05, 0) is 51.9 Å². The van der Waals surface area contributed by atoms with Gasteiger partial charge in [0.15, 0.2) is 6.29 Å². The van der Waals surface area contributed by atoms with Crippen molar-refractivity contribution < 1.29 is 74.9 Å². The van der Waals surface area contributed by atoms with Crippen molar-refractivity contribution in [1.29, 1.82) is 0 Å². The van der Waals surface area contributed by atoms with Crippen molar-refractivity contribution in [2.24, 2.45) is 23.3 Å². The molecule has 1 fully saturated rings. The first kappa shape index (κ1) is 55.5. The van der Waals surface area contributed by atoms with Crippen LogP contribution >= 0.6 is 0 Å². The second-order valence-corrected chi connectivity index (χ2v) is 16.4. The SMILES string of the molecule is C=C1C[C@@H](OC2OC(N)C(O)C(N)C2O)/C=C/C=C/C=C/C=C/C=C/C=C/C=C/[C@H](C)C(O)C[C@H](C)OC(=O)C[C@H](O)C[C@H](O)CC[C@@H](O)[C@H](O)C[C@H](O)C[C@@H](O)CCC1C(=O)O. The molecule has 17 heteroatoms. The fourth-order valence-corrected chi connectivity index (χ4v) is 6.93. The fraction of sp³-hybridized carbons (Fsp3) is 0.609. The minimum atomic E-state index is -1.47. The Bertz CT molecular complexity index is 1580. The molecular formula is C46H72N2O15. The lowest BCUT2D eigenvalue weighted by Crippen LogP contribution is -2.64. The van der Waals surface area contributed by atoms with Crippen LogP contribution in [0.5, 0.6) is 0 Å². The maximum absolute atomic E-state index is 12.4. The van der Waals surface area contributed by atoms with E-state index in [-0.39, 0.29) is 69.3 Å². The van der Waals surface area contributed by atoms with Crippen molar-refractivity contribution in [3.8, 4) is 0 Å². The lowest BCUT2D eigenvalue weighted by molar-refractivity contribution is -0.277. The molecule has 16 atom stereocenters. The summed E-state index contributed by atoms with van der Waals surface area (Å²) in [7, 11) is 0. The number of rotatable bonds is 3. The van der Waals surface area contributed by atoms with Crippen LogP contribution in [0.1, 0.15) is 78.1 Å². The summed E-state index contributed by atoms with van der Waals surface area (Å²) < 4.78 is 16.8. The Hall–Kier alpha value is -3.66. The molecule has 0 radical (unpaired) electrons. The standard InChI is InChI=1S/C46H72N2O15/c1-28-16-14-12-10-8-6-4-5-7-9-11-13-15-17-35(62-46-43(58)41(47)42(57)44(48)63-46)22-29(2)36(45(59)60)20-18-31(49)24-33(51)26-39(55)37(53)21-19-32(50)25-34(52)27-40(56)61-30(3)23-38(28)54/h4-17,28,30-39,41-44,46,49-55,57-58H,2,18-27,47-48H2,1,3H3,(H,59,60)/b5-4+,8-6+,9-7+,12-10+,13-11+,16-14+,17-15+/t28-,30-,31-,32+,33+,34+,35-,36?,37+,38?,39+,41?,42?,43?,44?,46?/m0/s1. The maximum Gasteiger partial charge on any atom is 0.310 e. The van der Waals surface area contributed by atoms with Gasteiger partial charge in [-0.25, -0.2) is 0 Å². The van der Waals surface area contributed by atoms with Gasteiger partial charge in [0.1, 0.15) is 24.5 Å². The number of aliphatic hydroxyl groups is 9. The van der Waals surface area contributed by atoms with Gasteiger partial charge < -0.3 is 76.7 Å². The summed E-state index contributed by atoms with van der Waals surface area (Å²) in [6.07, 6.45) is 7.76. The van der Waals surface area contributed by atoms with Crippen LogP contribution in [0.4, 0.5) is 0 Å². The number of carboxylic acid groups (broad SMARTS) is 1. The third kappa shape index (κ3) is 22.2. The van der Waals surface area contributed by atoms with E-state index in [1.807, 2.05) is 37.3 Å². The Labute approximate surface area is 370 Å². The van der Waals surface area contributed by atoms with Crippen molar-refractivity contribution >= 4 is 11.9 Å². The van der Waals surface area contributed by atoms with E-state index in [2.05, 4.69) is 6.58 Å². The van der Waals surface area contributed by atoms with Crippen LogP contribution in [0.25, 0.3) is 0 Å². The molecule has 0 aromatic carbocycles. The van der Waals surface area contributed by atoms with Crippen LogP contribution in [0.3, 0.4) is 0 Å². The molecule has 2 aliphatic heterocycles. The summed E-state index contributed by atoms with van der Waals surface area (Å²) in [6.45, 7) is 7.42. The number of carboxylic acids is 1. The van der Waals surface area contributed by atoms with E-state index < -0.39 is 110 Å². The number of carbonyl (C=O) groups excluding carboxylic acids is 1. The van der Waals surface area contributed by atoms with Crippen molar-refractivity contribution in [2.75, 3.05) is 0 Å². The Balaban J connectivity index is 2.23. The lowest BCUT2D eigenvalue weighted by atomic mass is 9.89. The molecule has 0 saturated carbocycles. The monoisotopic (exact) mass is 892 g/mol. The molecule has 0 bridgehead atoms. The molecule has 0 aromatic rings. The minimum Gasteiger partial charge on any atom is -0.481 e. The first-order valence-corrected chi connectivity index (χ1v) is 21.5. The summed E-state index contributed by atoms with van der Waals surface area (Å²) in [4.78, 5) is 24.8. The molecule has 2 aliphatic rings. The smallest absolute Gasteiger partial charge is 0.310 e. The minimum absolute atomic E-state index is 0.0474. The number of aliphatic carboxylic acids is 1. The molecule has 17 nitrogen and oxygen atoms in total. The van der Waals surface area contributed by atoms with Gasteiger partial charge in [-0.2, -0.15) is 0 Å². The topological polar surface area (TPSA) is 316 Å². The fourth-order valence-electron chi connectivity index (χ4n) is 6.93. The summed E-state index contributed by atoms with van der Waals surface area (Å²) in [6, 6.07) is -1.19. The average molecular weight is 893 g/mol. The molecule has 0 aromatic heterocycles. The number of ether oxygens (including phenoxy) is 3. The molecule has 356 valence electrons. The summed E-state index contributed by atoms with van der Waals surface area (Å²) in [5, 5.41) is 105. The Morgan fingerprint density at radius 3 is 1.73 bits per heavy atom. The second kappa shape index (κ2) is 29.7. The van der Waals surface area contributed by atoms with Crippen LogP contribution in [-0.2, 0) is 23.8 Å². The van der Waals surface area contributed by atoms with Gasteiger partial charge in [0.05, 0.1) is 67.2 Å². The first-order valence-electron chi connectivity index (χ1n) is 21.5. The predicted molar refractivity (Wildman–Crippen MR) is 235 cm³/mol. The summed E-state index contributed by atoms with van der Waals surface area (Å²) >= 11 is 0. The number of carbonyl (C=O) groups is 2. The van der Waals surface area contributed by atoms with Gasteiger partial charge in [0.2, 0.25) is 0 Å². The highest BCUT2D eigenvalue weighted by Gasteiger charge is 2.42. The van der Waals surface area contributed by atoms with Crippen LogP contribution in [0.15, 0.2) is 97.2 Å². The number of hydrogen-bond acceptors (Lipinski definition) is 16. The number of hydrogen-bond donors (Lipinski definition) is 12. The van der Waals surface area contributed by atoms with E-state index >= 15 is 0 Å². The predicted octanol–water partition coefficient (Wildman–Crippen LogP) is 1.22. The van der Waals surface area contributed by atoms with Crippen molar-refractivity contribution in [3.05, 3.63) is 97.2 Å². The highest BCUT2D eigenvalue weighted by Crippen LogP contribution is 2.27. The summed E-state index contributed by atoms with van der Waals surface area (Å²) in [5.41, 5.74) is 12.0. The largest absolute Gasteiger partial charge is 0.481 e. The third-order valence-electron chi connectivity index (χ3n) is 10.8. The van der Waals surface area contributed by atoms with Gasteiger partial charge in [-0.3, -0.25) is 9.59 Å². The molecule has 14 N–H and O–H groups in total. The quantitative estimate of drug-likeness (QED) is 0.140. The van der Waals surface area contributed by atoms with Crippen LogP contribution in [0, 0.1) is 11.8 Å². The van der Waals surface area contributed by atoms with Gasteiger partial charge in [0, 0.05) is 18.8 Å².